The fourth-order valence-corrected chi connectivity index (χ4v) is 4.81. The van der Waals surface area contributed by atoms with Gasteiger partial charge in [0.2, 0.25) is 0 Å². The number of pyridine rings is 1. The molecule has 190 valence electrons. The Hall–Kier alpha value is -3.57. The first-order valence-electron chi connectivity index (χ1n) is 12.4. The van der Waals surface area contributed by atoms with E-state index in [1.165, 1.54) is 0 Å². The first kappa shape index (κ1) is 25.5. The Kier molecular flexibility index (Phi) is 7.23. The SMILES string of the molecule is CCOc1cc(-c2ccc(N3CCC(CO)(CC(=O)OC(C)(C)C)CC3)cc2)c2c(C#N)cnn2c1. The molecule has 0 atom stereocenters. The molecule has 1 aliphatic heterocycles. The molecule has 3 heterocycles. The second-order valence-corrected chi connectivity index (χ2v) is 10.4. The molecular weight excluding hydrogens is 456 g/mol. The first-order valence-corrected chi connectivity index (χ1v) is 12.4. The van der Waals surface area contributed by atoms with Crippen molar-refractivity contribution < 1.29 is 19.4 Å². The van der Waals surface area contributed by atoms with Crippen LogP contribution in [0.4, 0.5) is 5.69 Å². The average molecular weight is 491 g/mol. The number of carbonyl (C=O) groups excluding carboxylic acids is 1. The summed E-state index contributed by atoms with van der Waals surface area (Å²) < 4.78 is 12.9. The second kappa shape index (κ2) is 10.2. The fourth-order valence-electron chi connectivity index (χ4n) is 4.81. The van der Waals surface area contributed by atoms with Gasteiger partial charge in [-0.15, -0.1) is 0 Å². The van der Waals surface area contributed by atoms with Crippen LogP contribution in [-0.4, -0.2) is 52.6 Å². The number of anilines is 1. The van der Waals surface area contributed by atoms with Crippen LogP contribution >= 0.6 is 0 Å². The number of hydrogen-bond donors (Lipinski definition) is 1. The van der Waals surface area contributed by atoms with E-state index in [0.717, 1.165) is 35.4 Å². The van der Waals surface area contributed by atoms with Crippen LogP contribution < -0.4 is 9.64 Å². The molecule has 1 aromatic carbocycles. The number of carbonyl (C=O) groups is 1. The number of benzene rings is 1. The molecule has 0 aliphatic carbocycles. The summed E-state index contributed by atoms with van der Waals surface area (Å²) in [4.78, 5) is 14.7. The Morgan fingerprint density at radius 3 is 2.50 bits per heavy atom. The molecule has 8 nitrogen and oxygen atoms in total. The van der Waals surface area contributed by atoms with Gasteiger partial charge in [-0.2, -0.15) is 10.4 Å². The van der Waals surface area contributed by atoms with E-state index in [0.29, 0.717) is 30.8 Å². The average Bonchev–Trinajstić information content (AvgIpc) is 3.26. The van der Waals surface area contributed by atoms with E-state index in [1.54, 1.807) is 16.9 Å². The number of hydrogen-bond acceptors (Lipinski definition) is 7. The number of ether oxygens (including phenoxy) is 2. The molecule has 0 amide bonds. The van der Waals surface area contributed by atoms with Crippen molar-refractivity contribution in [2.75, 3.05) is 31.2 Å². The molecule has 8 heteroatoms. The third-order valence-corrected chi connectivity index (χ3v) is 6.66. The van der Waals surface area contributed by atoms with Crippen LogP contribution in [0, 0.1) is 16.7 Å². The van der Waals surface area contributed by atoms with E-state index in [9.17, 15) is 15.2 Å². The van der Waals surface area contributed by atoms with Gasteiger partial charge in [-0.1, -0.05) is 12.1 Å². The molecule has 4 rings (SSSR count). The predicted octanol–water partition coefficient (Wildman–Crippen LogP) is 4.58. The molecule has 0 saturated carbocycles. The Morgan fingerprint density at radius 2 is 1.92 bits per heavy atom. The normalized spacial score (nSPS) is 15.5. The highest BCUT2D eigenvalue weighted by Crippen LogP contribution is 2.38. The number of piperidine rings is 1. The van der Waals surface area contributed by atoms with Crippen molar-refractivity contribution in [1.82, 2.24) is 9.61 Å². The Balaban J connectivity index is 1.51. The third-order valence-electron chi connectivity index (χ3n) is 6.66. The molecule has 1 fully saturated rings. The number of nitriles is 1. The summed E-state index contributed by atoms with van der Waals surface area (Å²) in [6.07, 6.45) is 5.01. The van der Waals surface area contributed by atoms with Gasteiger partial charge in [0.25, 0.3) is 0 Å². The number of nitrogens with zero attached hydrogens (tertiary/aromatic N) is 4. The quantitative estimate of drug-likeness (QED) is 0.484. The lowest BCUT2D eigenvalue weighted by Gasteiger charge is -2.41. The second-order valence-electron chi connectivity index (χ2n) is 10.4. The van der Waals surface area contributed by atoms with Crippen LogP contribution in [0.2, 0.25) is 0 Å². The molecule has 1 saturated heterocycles. The van der Waals surface area contributed by atoms with Gasteiger partial charge in [-0.25, -0.2) is 4.52 Å². The summed E-state index contributed by atoms with van der Waals surface area (Å²) in [6, 6.07) is 12.4. The van der Waals surface area contributed by atoms with Crippen LogP contribution in [0.1, 0.15) is 52.5 Å². The van der Waals surface area contributed by atoms with Crippen molar-refractivity contribution in [3.05, 3.63) is 48.3 Å². The number of rotatable bonds is 7. The number of aliphatic hydroxyl groups is 1. The van der Waals surface area contributed by atoms with Crippen LogP contribution in [0.15, 0.2) is 42.7 Å². The van der Waals surface area contributed by atoms with Gasteiger partial charge < -0.3 is 19.5 Å². The van der Waals surface area contributed by atoms with E-state index in [2.05, 4.69) is 28.2 Å². The highest BCUT2D eigenvalue weighted by molar-refractivity contribution is 5.85. The molecule has 0 unspecified atom stereocenters. The minimum absolute atomic E-state index is 0.0300. The van der Waals surface area contributed by atoms with E-state index in [4.69, 9.17) is 9.47 Å². The first-order chi connectivity index (χ1) is 17.2. The fraction of sp³-hybridized carbons (Fsp3) is 0.464. The predicted molar refractivity (Wildman–Crippen MR) is 138 cm³/mol. The number of aromatic nitrogens is 2. The van der Waals surface area contributed by atoms with Gasteiger partial charge in [-0.3, -0.25) is 4.79 Å². The lowest BCUT2D eigenvalue weighted by atomic mass is 9.76. The zero-order chi connectivity index (χ0) is 25.9. The van der Waals surface area contributed by atoms with Crippen LogP contribution in [-0.2, 0) is 9.53 Å². The van der Waals surface area contributed by atoms with Gasteiger partial charge in [-0.05, 0) is 64.3 Å². The summed E-state index contributed by atoms with van der Waals surface area (Å²) >= 11 is 0. The number of aliphatic hydroxyl groups excluding tert-OH is 1. The number of fused-ring (bicyclic) bond motifs is 1. The monoisotopic (exact) mass is 490 g/mol. The summed E-state index contributed by atoms with van der Waals surface area (Å²) in [5.74, 6) is 0.435. The number of esters is 1. The Labute approximate surface area is 212 Å². The van der Waals surface area contributed by atoms with Gasteiger partial charge >= 0.3 is 5.97 Å². The van der Waals surface area contributed by atoms with E-state index < -0.39 is 11.0 Å². The van der Waals surface area contributed by atoms with E-state index >= 15 is 0 Å². The van der Waals surface area contributed by atoms with Gasteiger partial charge in [0.05, 0.1) is 36.5 Å². The van der Waals surface area contributed by atoms with Gasteiger partial charge in [0, 0.05) is 36.4 Å². The minimum Gasteiger partial charge on any atom is -0.492 e. The topological polar surface area (TPSA) is 100 Å². The zero-order valence-electron chi connectivity index (χ0n) is 21.5. The third kappa shape index (κ3) is 5.47. The maximum Gasteiger partial charge on any atom is 0.306 e. The highest BCUT2D eigenvalue weighted by atomic mass is 16.6. The standard InChI is InChI=1S/C28H34N4O4/c1-5-35-23-14-24(26-21(16-29)17-30-32(26)18-23)20-6-8-22(9-7-20)31-12-10-28(19-33,11-13-31)15-25(34)36-27(2,3)4/h6-9,14,17-18,33H,5,10-13,15,19H2,1-4H3. The molecule has 0 spiro atoms. The molecule has 36 heavy (non-hydrogen) atoms. The molecule has 0 bridgehead atoms. The smallest absolute Gasteiger partial charge is 0.306 e. The lowest BCUT2D eigenvalue weighted by molar-refractivity contribution is -0.159. The van der Waals surface area contributed by atoms with E-state index in [-0.39, 0.29) is 19.0 Å². The molecular formula is C28H34N4O4. The summed E-state index contributed by atoms with van der Waals surface area (Å²) in [7, 11) is 0. The Bertz CT molecular complexity index is 1260. The summed E-state index contributed by atoms with van der Waals surface area (Å²) in [5, 5.41) is 24.0. The van der Waals surface area contributed by atoms with Gasteiger partial charge in [0.1, 0.15) is 17.4 Å². The van der Waals surface area contributed by atoms with Crippen molar-refractivity contribution in [2.45, 2.75) is 52.6 Å². The minimum atomic E-state index is -0.533. The van der Waals surface area contributed by atoms with E-state index in [1.807, 2.05) is 45.9 Å². The van der Waals surface area contributed by atoms with Crippen molar-refractivity contribution in [1.29, 1.82) is 5.26 Å². The van der Waals surface area contributed by atoms with Crippen molar-refractivity contribution in [3.8, 4) is 22.9 Å². The maximum atomic E-state index is 12.4. The zero-order valence-corrected chi connectivity index (χ0v) is 21.5. The summed E-state index contributed by atoms with van der Waals surface area (Å²) in [6.45, 7) is 9.49. The molecule has 1 N–H and O–H groups in total. The summed E-state index contributed by atoms with van der Waals surface area (Å²) in [5.41, 5.74) is 3.22. The lowest BCUT2D eigenvalue weighted by Crippen LogP contribution is -2.44. The van der Waals surface area contributed by atoms with Crippen LogP contribution in [0.3, 0.4) is 0 Å². The van der Waals surface area contributed by atoms with Gasteiger partial charge in [0.15, 0.2) is 0 Å². The van der Waals surface area contributed by atoms with Crippen molar-refractivity contribution >= 4 is 17.2 Å². The highest BCUT2D eigenvalue weighted by Gasteiger charge is 2.37. The molecule has 2 aromatic heterocycles. The maximum absolute atomic E-state index is 12.4. The molecule has 0 radical (unpaired) electrons. The molecule has 1 aliphatic rings. The molecule has 3 aromatic rings. The van der Waals surface area contributed by atoms with Crippen molar-refractivity contribution in [3.63, 3.8) is 0 Å². The van der Waals surface area contributed by atoms with Crippen LogP contribution in [0.25, 0.3) is 16.6 Å². The van der Waals surface area contributed by atoms with Crippen LogP contribution in [0.5, 0.6) is 5.75 Å². The Morgan fingerprint density at radius 1 is 1.22 bits per heavy atom. The van der Waals surface area contributed by atoms with Crippen molar-refractivity contribution in [2.24, 2.45) is 5.41 Å². The largest absolute Gasteiger partial charge is 0.492 e.